The van der Waals surface area contributed by atoms with Crippen molar-refractivity contribution < 1.29 is 14.3 Å². The summed E-state index contributed by atoms with van der Waals surface area (Å²) in [6.07, 6.45) is 4.97. The minimum atomic E-state index is -0.0613. The first-order valence-electron chi connectivity index (χ1n) is 6.57. The van der Waals surface area contributed by atoms with Gasteiger partial charge in [0.25, 0.3) is 0 Å². The number of ether oxygens (including phenoxy) is 2. The molecule has 1 aromatic heterocycles. The summed E-state index contributed by atoms with van der Waals surface area (Å²) >= 11 is 0. The van der Waals surface area contributed by atoms with Gasteiger partial charge in [-0.15, -0.1) is 0 Å². The largest absolute Gasteiger partial charge is 0.385 e. The number of nitrogens with zero attached hydrogens (tertiary/aromatic N) is 3. The average Bonchev–Trinajstić information content (AvgIpc) is 2.86. The number of hydrogen-bond donors (Lipinski definition) is 0. The van der Waals surface area contributed by atoms with Gasteiger partial charge in [0.2, 0.25) is 5.91 Å². The molecule has 2 heterocycles. The monoisotopic (exact) mass is 267 g/mol. The number of rotatable bonds is 5. The van der Waals surface area contributed by atoms with E-state index < -0.39 is 0 Å². The number of aromatic nitrogens is 2. The molecule has 106 valence electrons. The third kappa shape index (κ3) is 3.78. The molecule has 1 aliphatic rings. The molecule has 1 aromatic rings. The third-order valence-electron chi connectivity index (χ3n) is 3.25. The van der Waals surface area contributed by atoms with Gasteiger partial charge >= 0.3 is 0 Å². The number of amides is 1. The van der Waals surface area contributed by atoms with Crippen molar-refractivity contribution in [2.75, 3.05) is 33.4 Å². The van der Waals surface area contributed by atoms with E-state index in [9.17, 15) is 4.79 Å². The molecule has 6 heteroatoms. The van der Waals surface area contributed by atoms with Gasteiger partial charge in [0.15, 0.2) is 0 Å². The van der Waals surface area contributed by atoms with Crippen molar-refractivity contribution in [3.63, 3.8) is 0 Å². The zero-order valence-corrected chi connectivity index (χ0v) is 11.5. The van der Waals surface area contributed by atoms with Gasteiger partial charge in [0.05, 0.1) is 19.3 Å². The summed E-state index contributed by atoms with van der Waals surface area (Å²) in [5, 5.41) is 4.14. The molecular formula is C13H21N3O3. The molecule has 0 N–H and O–H groups in total. The topological polar surface area (TPSA) is 56.6 Å². The van der Waals surface area contributed by atoms with Crippen molar-refractivity contribution in [1.82, 2.24) is 14.7 Å². The Morgan fingerprint density at radius 3 is 3.16 bits per heavy atom. The van der Waals surface area contributed by atoms with Crippen LogP contribution in [0.15, 0.2) is 12.4 Å². The maximum absolute atomic E-state index is 12.0. The van der Waals surface area contributed by atoms with Crippen molar-refractivity contribution in [3.8, 4) is 0 Å². The first-order valence-corrected chi connectivity index (χ1v) is 6.57. The fourth-order valence-corrected chi connectivity index (χ4v) is 2.21. The second-order valence-corrected chi connectivity index (χ2v) is 4.74. The smallest absolute Gasteiger partial charge is 0.222 e. The Bertz CT molecular complexity index is 419. The summed E-state index contributed by atoms with van der Waals surface area (Å²) in [5.41, 5.74) is 1.02. The molecule has 2 rings (SSSR count). The molecule has 0 bridgehead atoms. The molecule has 1 amide bonds. The zero-order valence-electron chi connectivity index (χ0n) is 11.5. The lowest BCUT2D eigenvalue weighted by Crippen LogP contribution is -2.42. The molecule has 0 aromatic carbocycles. The van der Waals surface area contributed by atoms with E-state index in [0.717, 1.165) is 12.0 Å². The molecule has 1 saturated heterocycles. The van der Waals surface area contributed by atoms with Crippen LogP contribution in [0.1, 0.15) is 24.5 Å². The van der Waals surface area contributed by atoms with Crippen molar-refractivity contribution in [1.29, 1.82) is 0 Å². The third-order valence-corrected chi connectivity index (χ3v) is 3.25. The minimum absolute atomic E-state index is 0.0613. The lowest BCUT2D eigenvalue weighted by Gasteiger charge is -2.32. The highest BCUT2D eigenvalue weighted by Crippen LogP contribution is 2.22. The van der Waals surface area contributed by atoms with E-state index in [1.54, 1.807) is 18.0 Å². The van der Waals surface area contributed by atoms with Crippen LogP contribution in [-0.2, 0) is 21.3 Å². The normalized spacial score (nSPS) is 19.7. The average molecular weight is 267 g/mol. The summed E-state index contributed by atoms with van der Waals surface area (Å²) in [6, 6.07) is 0. The number of hydrogen-bond acceptors (Lipinski definition) is 4. The van der Waals surface area contributed by atoms with E-state index >= 15 is 0 Å². The Kier molecular flexibility index (Phi) is 4.93. The van der Waals surface area contributed by atoms with Crippen LogP contribution in [0.25, 0.3) is 0 Å². The van der Waals surface area contributed by atoms with Crippen LogP contribution in [0.3, 0.4) is 0 Å². The molecular weight excluding hydrogens is 246 g/mol. The van der Waals surface area contributed by atoms with E-state index in [-0.39, 0.29) is 12.0 Å². The maximum Gasteiger partial charge on any atom is 0.222 e. The second kappa shape index (κ2) is 6.68. The Labute approximate surface area is 113 Å². The first-order chi connectivity index (χ1) is 9.20. The fourth-order valence-electron chi connectivity index (χ4n) is 2.21. The molecule has 1 atom stereocenters. The van der Waals surface area contributed by atoms with Crippen LogP contribution in [0.4, 0.5) is 0 Å². The summed E-state index contributed by atoms with van der Waals surface area (Å²) < 4.78 is 12.4. The van der Waals surface area contributed by atoms with Crippen LogP contribution in [-0.4, -0.2) is 54.0 Å². The summed E-state index contributed by atoms with van der Waals surface area (Å²) in [5.74, 6) is 0.175. The molecule has 1 aliphatic heterocycles. The van der Waals surface area contributed by atoms with Crippen molar-refractivity contribution >= 4 is 5.91 Å². The highest BCUT2D eigenvalue weighted by atomic mass is 16.5. The van der Waals surface area contributed by atoms with Crippen LogP contribution in [0, 0.1) is 0 Å². The summed E-state index contributed by atoms with van der Waals surface area (Å²) in [4.78, 5) is 13.9. The standard InChI is InChI=1S/C13H21N3O3/c1-15-9-11(8-14-15)12-10-16(5-7-19-12)13(17)4-3-6-18-2/h8-9,12H,3-7,10H2,1-2H3/t12-/m1/s1. The van der Waals surface area contributed by atoms with E-state index in [4.69, 9.17) is 9.47 Å². The van der Waals surface area contributed by atoms with Crippen LogP contribution >= 0.6 is 0 Å². The van der Waals surface area contributed by atoms with Crippen molar-refractivity contribution in [3.05, 3.63) is 18.0 Å². The molecule has 1 fully saturated rings. The second-order valence-electron chi connectivity index (χ2n) is 4.74. The zero-order chi connectivity index (χ0) is 13.7. The van der Waals surface area contributed by atoms with Gasteiger partial charge < -0.3 is 14.4 Å². The number of carbonyl (C=O) groups is 1. The summed E-state index contributed by atoms with van der Waals surface area (Å²) in [6.45, 7) is 2.48. The van der Waals surface area contributed by atoms with E-state index in [1.807, 2.05) is 18.1 Å². The SMILES string of the molecule is COCCCC(=O)N1CCO[C@@H](c2cnn(C)c2)C1. The number of methoxy groups -OCH3 is 1. The summed E-state index contributed by atoms with van der Waals surface area (Å²) in [7, 11) is 3.53. The molecule has 0 saturated carbocycles. The minimum Gasteiger partial charge on any atom is -0.385 e. The lowest BCUT2D eigenvalue weighted by atomic mass is 10.1. The first kappa shape index (κ1) is 14.0. The Morgan fingerprint density at radius 1 is 1.63 bits per heavy atom. The van der Waals surface area contributed by atoms with Gasteiger partial charge in [-0.1, -0.05) is 0 Å². The highest BCUT2D eigenvalue weighted by molar-refractivity contribution is 5.76. The number of morpholine rings is 1. The molecule has 0 unspecified atom stereocenters. The van der Waals surface area contributed by atoms with Crippen LogP contribution in [0.2, 0.25) is 0 Å². The van der Waals surface area contributed by atoms with Gasteiger partial charge in [0, 0.05) is 45.5 Å². The van der Waals surface area contributed by atoms with E-state index in [1.165, 1.54) is 0 Å². The Morgan fingerprint density at radius 2 is 2.47 bits per heavy atom. The fraction of sp³-hybridized carbons (Fsp3) is 0.692. The number of carbonyl (C=O) groups excluding carboxylic acids is 1. The number of aryl methyl sites for hydroxylation is 1. The van der Waals surface area contributed by atoms with E-state index in [2.05, 4.69) is 5.10 Å². The predicted molar refractivity (Wildman–Crippen MR) is 69.6 cm³/mol. The molecule has 0 radical (unpaired) electrons. The van der Waals surface area contributed by atoms with Gasteiger partial charge in [-0.25, -0.2) is 0 Å². The van der Waals surface area contributed by atoms with Crippen LogP contribution < -0.4 is 0 Å². The van der Waals surface area contributed by atoms with Crippen LogP contribution in [0.5, 0.6) is 0 Å². The van der Waals surface area contributed by atoms with E-state index in [0.29, 0.717) is 32.7 Å². The van der Waals surface area contributed by atoms with Crippen molar-refractivity contribution in [2.45, 2.75) is 18.9 Å². The molecule has 19 heavy (non-hydrogen) atoms. The van der Waals surface area contributed by atoms with Crippen molar-refractivity contribution in [2.24, 2.45) is 7.05 Å². The molecule has 0 spiro atoms. The van der Waals surface area contributed by atoms with Gasteiger partial charge in [-0.3, -0.25) is 9.48 Å². The van der Waals surface area contributed by atoms with Gasteiger partial charge in [-0.05, 0) is 6.42 Å². The maximum atomic E-state index is 12.0. The Balaban J connectivity index is 1.88. The molecule has 6 nitrogen and oxygen atoms in total. The predicted octanol–water partition coefficient (Wildman–Crippen LogP) is 0.747. The Hall–Kier alpha value is -1.40. The highest BCUT2D eigenvalue weighted by Gasteiger charge is 2.25. The van der Waals surface area contributed by atoms with Gasteiger partial charge in [-0.2, -0.15) is 5.10 Å². The van der Waals surface area contributed by atoms with Gasteiger partial charge in [0.1, 0.15) is 6.10 Å². The quantitative estimate of drug-likeness (QED) is 0.739. The lowest BCUT2D eigenvalue weighted by molar-refractivity contribution is -0.139. The molecule has 0 aliphatic carbocycles.